The number of benzene rings is 1. The van der Waals surface area contributed by atoms with E-state index in [1.54, 1.807) is 0 Å². The number of hydrogen-bond donors (Lipinski definition) is 3. The maximum Gasteiger partial charge on any atom is 0.227 e. The molecule has 1 aromatic carbocycles. The van der Waals surface area contributed by atoms with Crippen LogP contribution in [0, 0.1) is 0 Å². The molecular formula is C13H10Cl2O5. The van der Waals surface area contributed by atoms with E-state index < -0.39 is 23.9 Å². The van der Waals surface area contributed by atoms with E-state index >= 15 is 0 Å². The molecule has 0 saturated heterocycles. The molecular weight excluding hydrogens is 307 g/mol. The van der Waals surface area contributed by atoms with Crippen LogP contribution >= 0.6 is 23.2 Å². The summed E-state index contributed by atoms with van der Waals surface area (Å²) in [5.74, 6) is -1.15. The van der Waals surface area contributed by atoms with Gasteiger partial charge >= 0.3 is 0 Å². The van der Waals surface area contributed by atoms with Gasteiger partial charge in [0.15, 0.2) is 5.76 Å². The maximum absolute atomic E-state index is 11.5. The fourth-order valence-corrected chi connectivity index (χ4v) is 1.96. The van der Waals surface area contributed by atoms with Crippen molar-refractivity contribution in [2.24, 2.45) is 0 Å². The lowest BCUT2D eigenvalue weighted by molar-refractivity contribution is 0.163. The Hall–Kier alpha value is -1.53. The molecule has 1 aromatic heterocycles. The summed E-state index contributed by atoms with van der Waals surface area (Å²) in [5.41, 5.74) is -0.470. The molecule has 20 heavy (non-hydrogen) atoms. The first kappa shape index (κ1) is 14.9. The Balaban J connectivity index is 2.52. The highest BCUT2D eigenvalue weighted by atomic mass is 35.5. The van der Waals surface area contributed by atoms with E-state index in [0.29, 0.717) is 5.02 Å². The van der Waals surface area contributed by atoms with Gasteiger partial charge in [-0.1, -0.05) is 29.3 Å². The number of hydrogen-bond acceptors (Lipinski definition) is 5. The van der Waals surface area contributed by atoms with Gasteiger partial charge in [0.05, 0.1) is 10.0 Å². The second kappa shape index (κ2) is 5.85. The lowest BCUT2D eigenvalue weighted by atomic mass is 10.1. The Bertz CT molecular complexity index is 696. The maximum atomic E-state index is 11.5. The molecule has 2 rings (SSSR count). The minimum atomic E-state index is -1.41. The fourth-order valence-electron chi connectivity index (χ4n) is 1.65. The van der Waals surface area contributed by atoms with Crippen molar-refractivity contribution in [1.29, 1.82) is 0 Å². The van der Waals surface area contributed by atoms with Crippen molar-refractivity contribution in [3.63, 3.8) is 0 Å². The third-order valence-electron chi connectivity index (χ3n) is 2.66. The minimum absolute atomic E-state index is 0.0677. The lowest BCUT2D eigenvalue weighted by Gasteiger charge is -2.13. The van der Waals surface area contributed by atoms with Crippen LogP contribution in [0.1, 0.15) is 23.2 Å². The highest BCUT2D eigenvalue weighted by Gasteiger charge is 2.21. The fraction of sp³-hybridized carbons (Fsp3) is 0.154. The molecule has 0 saturated carbocycles. The van der Waals surface area contributed by atoms with E-state index in [1.165, 1.54) is 18.2 Å². The minimum Gasteiger partial charge on any atom is -0.502 e. The zero-order valence-corrected chi connectivity index (χ0v) is 11.5. The second-order valence-corrected chi connectivity index (χ2v) is 4.84. The number of aliphatic hydroxyl groups excluding tert-OH is 2. The molecule has 2 aromatic rings. The SMILES string of the molecule is O=c1cc(CO)oc(C(O)c2ccc(Cl)c(Cl)c2)c1O. The third kappa shape index (κ3) is 2.81. The van der Waals surface area contributed by atoms with Crippen LogP contribution < -0.4 is 5.43 Å². The first-order valence-corrected chi connectivity index (χ1v) is 6.29. The molecule has 1 atom stereocenters. The molecule has 0 amide bonds. The van der Waals surface area contributed by atoms with Gasteiger partial charge in [0.2, 0.25) is 11.2 Å². The van der Waals surface area contributed by atoms with Crippen LogP contribution in [-0.2, 0) is 6.61 Å². The zero-order chi connectivity index (χ0) is 14.9. The predicted octanol–water partition coefficient (Wildman–Crippen LogP) is 2.23. The van der Waals surface area contributed by atoms with Gasteiger partial charge in [-0.2, -0.15) is 0 Å². The molecule has 5 nitrogen and oxygen atoms in total. The number of halogens is 2. The van der Waals surface area contributed by atoms with Crippen LogP contribution in [-0.4, -0.2) is 15.3 Å². The van der Waals surface area contributed by atoms with Gasteiger partial charge in [0, 0.05) is 6.07 Å². The standard InChI is InChI=1S/C13H10Cl2O5/c14-8-2-1-6(3-9(8)15)11(18)13-12(19)10(17)4-7(5-16)20-13/h1-4,11,16,18-19H,5H2. The van der Waals surface area contributed by atoms with Gasteiger partial charge in [0.25, 0.3) is 0 Å². The zero-order valence-electron chi connectivity index (χ0n) is 10.0. The molecule has 0 radical (unpaired) electrons. The summed E-state index contributed by atoms with van der Waals surface area (Å²) in [6.07, 6.45) is -1.41. The van der Waals surface area contributed by atoms with Gasteiger partial charge in [-0.25, -0.2) is 0 Å². The average Bonchev–Trinajstić information content (AvgIpc) is 2.44. The highest BCUT2D eigenvalue weighted by molar-refractivity contribution is 6.42. The number of aliphatic hydroxyl groups is 2. The van der Waals surface area contributed by atoms with E-state index in [-0.39, 0.29) is 22.1 Å². The Morgan fingerprint density at radius 1 is 1.20 bits per heavy atom. The highest BCUT2D eigenvalue weighted by Crippen LogP contribution is 2.31. The summed E-state index contributed by atoms with van der Waals surface area (Å²) >= 11 is 11.6. The van der Waals surface area contributed by atoms with Crippen molar-refractivity contribution < 1.29 is 19.7 Å². The Morgan fingerprint density at radius 2 is 1.90 bits per heavy atom. The molecule has 0 spiro atoms. The van der Waals surface area contributed by atoms with Crippen LogP contribution in [0.4, 0.5) is 0 Å². The van der Waals surface area contributed by atoms with Crippen LogP contribution in [0.5, 0.6) is 5.75 Å². The summed E-state index contributed by atoms with van der Waals surface area (Å²) in [5, 5.41) is 29.3. The van der Waals surface area contributed by atoms with Gasteiger partial charge in [-0.3, -0.25) is 4.79 Å². The largest absolute Gasteiger partial charge is 0.502 e. The summed E-state index contributed by atoms with van der Waals surface area (Å²) in [6.45, 7) is -0.531. The van der Waals surface area contributed by atoms with Crippen molar-refractivity contribution in [1.82, 2.24) is 0 Å². The molecule has 0 bridgehead atoms. The monoisotopic (exact) mass is 316 g/mol. The van der Waals surface area contributed by atoms with E-state index in [2.05, 4.69) is 0 Å². The molecule has 0 aliphatic heterocycles. The van der Waals surface area contributed by atoms with Crippen molar-refractivity contribution in [2.45, 2.75) is 12.7 Å². The first-order valence-electron chi connectivity index (χ1n) is 5.53. The molecule has 1 unspecified atom stereocenters. The van der Waals surface area contributed by atoms with Crippen LogP contribution in [0.15, 0.2) is 33.5 Å². The van der Waals surface area contributed by atoms with Gasteiger partial charge in [0.1, 0.15) is 18.5 Å². The predicted molar refractivity (Wildman–Crippen MR) is 73.1 cm³/mol. The Kier molecular flexibility index (Phi) is 4.35. The molecule has 1 heterocycles. The van der Waals surface area contributed by atoms with E-state index in [4.69, 9.17) is 32.7 Å². The number of aromatic hydroxyl groups is 1. The lowest BCUT2D eigenvalue weighted by Crippen LogP contribution is -2.09. The topological polar surface area (TPSA) is 90.9 Å². The van der Waals surface area contributed by atoms with Crippen molar-refractivity contribution in [3.8, 4) is 5.75 Å². The van der Waals surface area contributed by atoms with Crippen LogP contribution in [0.3, 0.4) is 0 Å². The average molecular weight is 317 g/mol. The summed E-state index contributed by atoms with van der Waals surface area (Å²) in [4.78, 5) is 11.5. The van der Waals surface area contributed by atoms with E-state index in [0.717, 1.165) is 6.07 Å². The summed E-state index contributed by atoms with van der Waals surface area (Å²) in [7, 11) is 0. The first-order chi connectivity index (χ1) is 9.43. The van der Waals surface area contributed by atoms with Crippen molar-refractivity contribution >= 4 is 23.2 Å². The van der Waals surface area contributed by atoms with Gasteiger partial charge in [-0.15, -0.1) is 0 Å². The quantitative estimate of drug-likeness (QED) is 0.807. The van der Waals surface area contributed by atoms with Crippen molar-refractivity contribution in [3.05, 3.63) is 61.6 Å². The van der Waals surface area contributed by atoms with Crippen molar-refractivity contribution in [2.75, 3.05) is 0 Å². The third-order valence-corrected chi connectivity index (χ3v) is 3.40. The summed E-state index contributed by atoms with van der Waals surface area (Å²) in [6, 6.07) is 5.28. The molecule has 3 N–H and O–H groups in total. The Morgan fingerprint density at radius 3 is 2.50 bits per heavy atom. The molecule has 0 fully saturated rings. The van der Waals surface area contributed by atoms with Gasteiger partial charge < -0.3 is 19.7 Å². The van der Waals surface area contributed by atoms with Gasteiger partial charge in [-0.05, 0) is 17.7 Å². The normalized spacial score (nSPS) is 12.4. The van der Waals surface area contributed by atoms with Crippen LogP contribution in [0.25, 0.3) is 0 Å². The smallest absolute Gasteiger partial charge is 0.227 e. The molecule has 0 aliphatic carbocycles. The second-order valence-electron chi connectivity index (χ2n) is 4.02. The van der Waals surface area contributed by atoms with E-state index in [9.17, 15) is 15.0 Å². The molecule has 0 aliphatic rings. The Labute approximate surface area is 123 Å². The molecule has 106 valence electrons. The number of rotatable bonds is 3. The summed E-state index contributed by atoms with van der Waals surface area (Å²) < 4.78 is 5.10. The van der Waals surface area contributed by atoms with Crippen LogP contribution in [0.2, 0.25) is 10.0 Å². The molecule has 7 heteroatoms. The van der Waals surface area contributed by atoms with E-state index in [1.807, 2.05) is 0 Å².